The molecule has 8 heteroatoms. The fourth-order valence-corrected chi connectivity index (χ4v) is 3.63. The second-order valence-corrected chi connectivity index (χ2v) is 7.28. The first-order valence-corrected chi connectivity index (χ1v) is 9.96. The number of rotatable bonds is 7. The molecule has 158 valence electrons. The predicted octanol–water partition coefficient (Wildman–Crippen LogP) is 3.19. The number of hydrogen-bond donors (Lipinski definition) is 2. The Morgan fingerprint density at radius 3 is 2.52 bits per heavy atom. The molecule has 4 rings (SSSR count). The summed E-state index contributed by atoms with van der Waals surface area (Å²) in [5, 5.41) is 3.17. The molecule has 3 N–H and O–H groups in total. The number of hydrogen-bond acceptors (Lipinski definition) is 6. The zero-order valence-electron chi connectivity index (χ0n) is 17.1. The van der Waals surface area contributed by atoms with E-state index < -0.39 is 12.0 Å². The number of aromatic nitrogens is 2. The maximum absolute atomic E-state index is 11.9. The number of nitrogens with two attached hydrogens (primary N) is 1. The highest BCUT2D eigenvalue weighted by molar-refractivity contribution is 5.95. The number of carbonyl (C=O) groups excluding carboxylic acids is 2. The number of nitrogens with zero attached hydrogens (tertiary/aromatic N) is 3. The SMILES string of the molecule is COC(C(N)=O)c1cncc(Nc2ccc(-c3ccc(N4CCCC4=O)cc3)cn2)c1. The number of amides is 2. The summed E-state index contributed by atoms with van der Waals surface area (Å²) in [4.78, 5) is 33.8. The summed E-state index contributed by atoms with van der Waals surface area (Å²) < 4.78 is 5.13. The maximum atomic E-state index is 11.9. The normalized spacial score (nSPS) is 14.5. The van der Waals surface area contributed by atoms with Crippen LogP contribution in [0.2, 0.25) is 0 Å². The van der Waals surface area contributed by atoms with Crippen molar-refractivity contribution >= 4 is 29.0 Å². The van der Waals surface area contributed by atoms with Gasteiger partial charge in [-0.15, -0.1) is 0 Å². The zero-order chi connectivity index (χ0) is 21.8. The van der Waals surface area contributed by atoms with Crippen LogP contribution < -0.4 is 16.0 Å². The van der Waals surface area contributed by atoms with Crippen molar-refractivity contribution in [3.8, 4) is 11.1 Å². The van der Waals surface area contributed by atoms with Crippen LogP contribution in [0.1, 0.15) is 24.5 Å². The van der Waals surface area contributed by atoms with Gasteiger partial charge in [0.1, 0.15) is 5.82 Å². The van der Waals surface area contributed by atoms with E-state index >= 15 is 0 Å². The van der Waals surface area contributed by atoms with Crippen molar-refractivity contribution in [2.75, 3.05) is 23.9 Å². The molecule has 1 atom stereocenters. The summed E-state index contributed by atoms with van der Waals surface area (Å²) in [6, 6.07) is 13.5. The van der Waals surface area contributed by atoms with Crippen molar-refractivity contribution in [1.82, 2.24) is 9.97 Å². The number of methoxy groups -OCH3 is 1. The Morgan fingerprint density at radius 1 is 1.13 bits per heavy atom. The van der Waals surface area contributed by atoms with Gasteiger partial charge in [-0.3, -0.25) is 14.6 Å². The number of primary amides is 1. The van der Waals surface area contributed by atoms with Crippen LogP contribution in [0.4, 0.5) is 17.2 Å². The first-order valence-electron chi connectivity index (χ1n) is 9.96. The fraction of sp³-hybridized carbons (Fsp3) is 0.217. The molecule has 0 spiro atoms. The van der Waals surface area contributed by atoms with E-state index in [0.717, 1.165) is 29.8 Å². The summed E-state index contributed by atoms with van der Waals surface area (Å²) in [6.45, 7) is 0.778. The van der Waals surface area contributed by atoms with E-state index in [1.165, 1.54) is 7.11 Å². The highest BCUT2D eigenvalue weighted by atomic mass is 16.5. The second kappa shape index (κ2) is 8.93. The summed E-state index contributed by atoms with van der Waals surface area (Å²) in [7, 11) is 1.42. The van der Waals surface area contributed by atoms with Gasteiger partial charge < -0.3 is 20.7 Å². The Labute approximate surface area is 180 Å². The molecule has 0 aliphatic carbocycles. The lowest BCUT2D eigenvalue weighted by molar-refractivity contribution is -0.128. The van der Waals surface area contributed by atoms with E-state index in [2.05, 4.69) is 15.3 Å². The van der Waals surface area contributed by atoms with Gasteiger partial charge >= 0.3 is 0 Å². The van der Waals surface area contributed by atoms with Crippen LogP contribution in [0, 0.1) is 0 Å². The molecule has 1 unspecified atom stereocenters. The van der Waals surface area contributed by atoms with Crippen molar-refractivity contribution in [2.45, 2.75) is 18.9 Å². The van der Waals surface area contributed by atoms with Gasteiger partial charge in [-0.2, -0.15) is 0 Å². The Morgan fingerprint density at radius 2 is 1.90 bits per heavy atom. The summed E-state index contributed by atoms with van der Waals surface area (Å²) in [5.41, 5.74) is 9.50. The zero-order valence-corrected chi connectivity index (χ0v) is 17.1. The van der Waals surface area contributed by atoms with Gasteiger partial charge in [0.25, 0.3) is 5.91 Å². The molecule has 3 heterocycles. The number of ether oxygens (including phenoxy) is 1. The number of pyridine rings is 2. The van der Waals surface area contributed by atoms with Gasteiger partial charge in [0.05, 0.1) is 11.9 Å². The van der Waals surface area contributed by atoms with E-state index in [1.54, 1.807) is 24.7 Å². The molecule has 1 fully saturated rings. The molecule has 31 heavy (non-hydrogen) atoms. The molecule has 0 saturated carbocycles. The van der Waals surface area contributed by atoms with Crippen LogP contribution in [-0.4, -0.2) is 35.4 Å². The number of nitrogens with one attached hydrogen (secondary N) is 1. The molecule has 2 amide bonds. The van der Waals surface area contributed by atoms with Gasteiger partial charge in [0, 0.05) is 49.3 Å². The average molecular weight is 417 g/mol. The van der Waals surface area contributed by atoms with Crippen molar-refractivity contribution in [3.63, 3.8) is 0 Å². The van der Waals surface area contributed by atoms with Crippen LogP contribution in [0.15, 0.2) is 61.1 Å². The van der Waals surface area contributed by atoms with Crippen LogP contribution in [-0.2, 0) is 14.3 Å². The molecule has 1 saturated heterocycles. The minimum absolute atomic E-state index is 0.177. The first kappa shape index (κ1) is 20.5. The maximum Gasteiger partial charge on any atom is 0.251 e. The summed E-state index contributed by atoms with van der Waals surface area (Å²) in [5.74, 6) is 0.232. The molecule has 1 aromatic carbocycles. The monoisotopic (exact) mass is 417 g/mol. The van der Waals surface area contributed by atoms with Crippen molar-refractivity contribution < 1.29 is 14.3 Å². The van der Waals surface area contributed by atoms with Gasteiger partial charge in [0.2, 0.25) is 5.91 Å². The third-order valence-corrected chi connectivity index (χ3v) is 5.18. The van der Waals surface area contributed by atoms with Crippen LogP contribution in [0.25, 0.3) is 11.1 Å². The lowest BCUT2D eigenvalue weighted by atomic mass is 10.1. The average Bonchev–Trinajstić information content (AvgIpc) is 3.21. The van der Waals surface area contributed by atoms with E-state index in [-0.39, 0.29) is 5.91 Å². The number of benzene rings is 1. The third kappa shape index (κ3) is 4.54. The molecule has 3 aromatic rings. The predicted molar refractivity (Wildman–Crippen MR) is 118 cm³/mol. The Kier molecular flexibility index (Phi) is 5.90. The molecule has 1 aliphatic heterocycles. The molecule has 1 aliphatic rings. The molecule has 8 nitrogen and oxygen atoms in total. The van der Waals surface area contributed by atoms with E-state index in [1.807, 2.05) is 41.3 Å². The summed E-state index contributed by atoms with van der Waals surface area (Å²) >= 11 is 0. The largest absolute Gasteiger partial charge is 0.367 e. The number of carbonyl (C=O) groups is 2. The van der Waals surface area contributed by atoms with E-state index in [9.17, 15) is 9.59 Å². The van der Waals surface area contributed by atoms with Gasteiger partial charge in [-0.05, 0) is 42.3 Å². The molecular weight excluding hydrogens is 394 g/mol. The molecule has 2 aromatic heterocycles. The van der Waals surface area contributed by atoms with Gasteiger partial charge in [0.15, 0.2) is 6.10 Å². The lowest BCUT2D eigenvalue weighted by Crippen LogP contribution is -2.23. The van der Waals surface area contributed by atoms with Crippen LogP contribution in [0.5, 0.6) is 0 Å². The van der Waals surface area contributed by atoms with E-state index in [0.29, 0.717) is 23.5 Å². The fourth-order valence-electron chi connectivity index (χ4n) is 3.63. The molecular formula is C23H23N5O3. The van der Waals surface area contributed by atoms with E-state index in [4.69, 9.17) is 10.5 Å². The minimum atomic E-state index is -0.858. The Bertz CT molecular complexity index is 1080. The minimum Gasteiger partial charge on any atom is -0.367 e. The van der Waals surface area contributed by atoms with Crippen LogP contribution in [0.3, 0.4) is 0 Å². The summed E-state index contributed by atoms with van der Waals surface area (Å²) in [6.07, 6.45) is 5.62. The highest BCUT2D eigenvalue weighted by Crippen LogP contribution is 2.27. The van der Waals surface area contributed by atoms with Crippen LogP contribution >= 0.6 is 0 Å². The smallest absolute Gasteiger partial charge is 0.251 e. The van der Waals surface area contributed by atoms with Gasteiger partial charge in [-0.25, -0.2) is 4.98 Å². The first-order chi connectivity index (χ1) is 15.0. The third-order valence-electron chi connectivity index (χ3n) is 5.18. The Balaban J connectivity index is 1.46. The lowest BCUT2D eigenvalue weighted by Gasteiger charge is -2.16. The molecule has 0 radical (unpaired) electrons. The highest BCUT2D eigenvalue weighted by Gasteiger charge is 2.21. The number of anilines is 3. The van der Waals surface area contributed by atoms with Crippen molar-refractivity contribution in [2.24, 2.45) is 5.73 Å². The molecule has 0 bridgehead atoms. The van der Waals surface area contributed by atoms with Crippen molar-refractivity contribution in [3.05, 3.63) is 66.6 Å². The van der Waals surface area contributed by atoms with Crippen molar-refractivity contribution in [1.29, 1.82) is 0 Å². The topological polar surface area (TPSA) is 110 Å². The standard InChI is InChI=1S/C23H23N5O3/c1-31-22(23(24)30)17-11-18(14-25-12-17)27-20-9-6-16(13-26-20)15-4-7-19(8-5-15)28-10-2-3-21(28)29/h4-9,11-14,22H,2-3,10H2,1H3,(H2,24,30)(H,26,27). The Hall–Kier alpha value is -3.78. The quantitative estimate of drug-likeness (QED) is 0.611. The van der Waals surface area contributed by atoms with Gasteiger partial charge in [-0.1, -0.05) is 12.1 Å². The second-order valence-electron chi connectivity index (χ2n) is 7.28.